The third-order valence-electron chi connectivity index (χ3n) is 2.63. The lowest BCUT2D eigenvalue weighted by Crippen LogP contribution is -2.09. The molecule has 0 amide bonds. The smallest absolute Gasteiger partial charge is 0.310 e. The van der Waals surface area contributed by atoms with Gasteiger partial charge in [0.25, 0.3) is 0 Å². The van der Waals surface area contributed by atoms with Crippen LogP contribution in [0.15, 0.2) is 0 Å². The molecule has 0 spiro atoms. The summed E-state index contributed by atoms with van der Waals surface area (Å²) in [5.41, 5.74) is 1.10. The van der Waals surface area contributed by atoms with Gasteiger partial charge < -0.3 is 10.4 Å². The highest BCUT2D eigenvalue weighted by Crippen LogP contribution is 2.28. The number of aryl methyl sites for hydroxylation is 1. The van der Waals surface area contributed by atoms with Crippen molar-refractivity contribution in [2.75, 3.05) is 13.1 Å². The fourth-order valence-electron chi connectivity index (χ4n) is 1.94. The van der Waals surface area contributed by atoms with Gasteiger partial charge in [0.15, 0.2) is 0 Å². The standard InChI is InChI=1S/C10H14N2O2S/c1-6-10(7-2-3-11-5-7)12-8(15-6)4-9(13)14/h7,11H,2-5H2,1H3,(H,13,14). The minimum absolute atomic E-state index is 0.0473. The fraction of sp³-hybridized carbons (Fsp3) is 0.600. The van der Waals surface area contributed by atoms with E-state index >= 15 is 0 Å². The average molecular weight is 226 g/mol. The van der Waals surface area contributed by atoms with E-state index in [1.54, 1.807) is 0 Å². The molecule has 0 bridgehead atoms. The molecule has 1 unspecified atom stereocenters. The van der Waals surface area contributed by atoms with E-state index in [2.05, 4.69) is 10.3 Å². The Labute approximate surface area is 92.3 Å². The van der Waals surface area contributed by atoms with E-state index in [0.717, 1.165) is 30.2 Å². The number of hydrogen-bond acceptors (Lipinski definition) is 4. The lowest BCUT2D eigenvalue weighted by molar-refractivity contribution is -0.136. The van der Waals surface area contributed by atoms with Crippen molar-refractivity contribution < 1.29 is 9.90 Å². The molecule has 1 aliphatic rings. The molecule has 0 radical (unpaired) electrons. The minimum atomic E-state index is -0.806. The van der Waals surface area contributed by atoms with Crippen molar-refractivity contribution in [2.24, 2.45) is 0 Å². The molecule has 1 aliphatic heterocycles. The summed E-state index contributed by atoms with van der Waals surface area (Å²) in [5, 5.41) is 12.7. The highest BCUT2D eigenvalue weighted by Gasteiger charge is 2.22. The van der Waals surface area contributed by atoms with E-state index in [9.17, 15) is 4.79 Å². The van der Waals surface area contributed by atoms with Crippen molar-refractivity contribution in [1.29, 1.82) is 0 Å². The third-order valence-corrected chi connectivity index (χ3v) is 3.61. The largest absolute Gasteiger partial charge is 0.481 e. The number of carboxylic acids is 1. The molecule has 1 saturated heterocycles. The highest BCUT2D eigenvalue weighted by molar-refractivity contribution is 7.11. The second-order valence-corrected chi connectivity index (χ2v) is 5.10. The van der Waals surface area contributed by atoms with Gasteiger partial charge in [0, 0.05) is 17.3 Å². The van der Waals surface area contributed by atoms with Crippen molar-refractivity contribution in [2.45, 2.75) is 25.7 Å². The Morgan fingerprint density at radius 3 is 3.13 bits per heavy atom. The molecule has 0 aliphatic carbocycles. The molecule has 1 aromatic rings. The molecular weight excluding hydrogens is 212 g/mol. The molecule has 82 valence electrons. The van der Waals surface area contributed by atoms with Crippen molar-refractivity contribution in [1.82, 2.24) is 10.3 Å². The van der Waals surface area contributed by atoms with Crippen LogP contribution in [0.25, 0.3) is 0 Å². The first-order chi connectivity index (χ1) is 7.16. The minimum Gasteiger partial charge on any atom is -0.481 e. The summed E-state index contributed by atoms with van der Waals surface area (Å²) in [4.78, 5) is 16.2. The first-order valence-electron chi connectivity index (χ1n) is 5.05. The van der Waals surface area contributed by atoms with Gasteiger partial charge in [-0.2, -0.15) is 0 Å². The van der Waals surface area contributed by atoms with E-state index < -0.39 is 5.97 Å². The van der Waals surface area contributed by atoms with Crippen LogP contribution in [0.5, 0.6) is 0 Å². The van der Waals surface area contributed by atoms with Crippen molar-refractivity contribution in [3.8, 4) is 0 Å². The number of thiazole rings is 1. The van der Waals surface area contributed by atoms with E-state index in [0.29, 0.717) is 5.92 Å². The van der Waals surface area contributed by atoms with Crippen LogP contribution in [0.3, 0.4) is 0 Å². The Morgan fingerprint density at radius 1 is 1.73 bits per heavy atom. The van der Waals surface area contributed by atoms with Crippen LogP contribution >= 0.6 is 11.3 Å². The Kier molecular flexibility index (Phi) is 3.02. The van der Waals surface area contributed by atoms with E-state index in [1.165, 1.54) is 16.2 Å². The number of nitrogens with zero attached hydrogens (tertiary/aromatic N) is 1. The Bertz CT molecular complexity index is 369. The number of nitrogens with one attached hydrogen (secondary N) is 1. The van der Waals surface area contributed by atoms with Gasteiger partial charge >= 0.3 is 5.97 Å². The maximum atomic E-state index is 10.6. The summed E-state index contributed by atoms with van der Waals surface area (Å²) in [6.45, 7) is 4.03. The number of carboxylic acid groups (broad SMARTS) is 1. The fourth-order valence-corrected chi connectivity index (χ4v) is 2.95. The first kappa shape index (κ1) is 10.6. The van der Waals surface area contributed by atoms with Crippen LogP contribution in [-0.2, 0) is 11.2 Å². The van der Waals surface area contributed by atoms with Crippen molar-refractivity contribution >= 4 is 17.3 Å². The van der Waals surface area contributed by atoms with Gasteiger partial charge in [-0.05, 0) is 19.9 Å². The molecule has 0 aromatic carbocycles. The van der Waals surface area contributed by atoms with Crippen LogP contribution in [-0.4, -0.2) is 29.1 Å². The molecule has 5 heteroatoms. The van der Waals surface area contributed by atoms with Crippen molar-refractivity contribution in [3.63, 3.8) is 0 Å². The summed E-state index contributed by atoms with van der Waals surface area (Å²) in [5.74, 6) is -0.330. The van der Waals surface area contributed by atoms with Crippen molar-refractivity contribution in [3.05, 3.63) is 15.6 Å². The molecular formula is C10H14N2O2S. The van der Waals surface area contributed by atoms with Gasteiger partial charge in [-0.1, -0.05) is 0 Å². The molecule has 1 atom stereocenters. The molecule has 1 aromatic heterocycles. The van der Waals surface area contributed by atoms with Crippen LogP contribution in [0, 0.1) is 6.92 Å². The SMILES string of the molecule is Cc1sc(CC(=O)O)nc1C1CCNC1. The van der Waals surface area contributed by atoms with E-state index in [4.69, 9.17) is 5.11 Å². The second-order valence-electron chi connectivity index (χ2n) is 3.81. The first-order valence-corrected chi connectivity index (χ1v) is 5.87. The summed E-state index contributed by atoms with van der Waals surface area (Å²) >= 11 is 1.51. The maximum absolute atomic E-state index is 10.6. The average Bonchev–Trinajstić information content (AvgIpc) is 2.72. The quantitative estimate of drug-likeness (QED) is 0.811. The molecule has 0 saturated carbocycles. The Hall–Kier alpha value is -0.940. The van der Waals surface area contributed by atoms with E-state index in [-0.39, 0.29) is 6.42 Å². The normalized spacial score (nSPS) is 20.7. The monoisotopic (exact) mass is 226 g/mol. The van der Waals surface area contributed by atoms with Crippen LogP contribution in [0.4, 0.5) is 0 Å². The second kappa shape index (κ2) is 4.28. The van der Waals surface area contributed by atoms with Gasteiger partial charge in [-0.25, -0.2) is 4.98 Å². The van der Waals surface area contributed by atoms with Gasteiger partial charge in [-0.15, -0.1) is 11.3 Å². The topological polar surface area (TPSA) is 62.2 Å². The van der Waals surface area contributed by atoms with Crippen LogP contribution in [0.2, 0.25) is 0 Å². The number of hydrogen-bond donors (Lipinski definition) is 2. The summed E-state index contributed by atoms with van der Waals surface area (Å²) < 4.78 is 0. The van der Waals surface area contributed by atoms with Crippen LogP contribution < -0.4 is 5.32 Å². The molecule has 1 fully saturated rings. The van der Waals surface area contributed by atoms with Gasteiger partial charge in [0.05, 0.1) is 12.1 Å². The highest BCUT2D eigenvalue weighted by atomic mass is 32.1. The predicted octanol–water partition coefficient (Wildman–Crippen LogP) is 1.16. The summed E-state index contributed by atoms with van der Waals surface area (Å²) in [6, 6.07) is 0. The van der Waals surface area contributed by atoms with Gasteiger partial charge in [0.2, 0.25) is 0 Å². The zero-order chi connectivity index (χ0) is 10.8. The third kappa shape index (κ3) is 2.35. The number of aromatic nitrogens is 1. The Morgan fingerprint density at radius 2 is 2.53 bits per heavy atom. The molecule has 2 N–H and O–H groups in total. The Balaban J connectivity index is 2.17. The lowest BCUT2D eigenvalue weighted by atomic mass is 10.0. The van der Waals surface area contributed by atoms with Crippen LogP contribution in [0.1, 0.15) is 27.9 Å². The molecule has 15 heavy (non-hydrogen) atoms. The van der Waals surface area contributed by atoms with E-state index in [1.807, 2.05) is 6.92 Å². The lowest BCUT2D eigenvalue weighted by Gasteiger charge is -2.04. The number of carbonyl (C=O) groups is 1. The zero-order valence-corrected chi connectivity index (χ0v) is 9.43. The predicted molar refractivity (Wildman–Crippen MR) is 58.4 cm³/mol. The number of aliphatic carboxylic acids is 1. The molecule has 2 rings (SSSR count). The van der Waals surface area contributed by atoms with Gasteiger partial charge in [0.1, 0.15) is 5.01 Å². The maximum Gasteiger partial charge on any atom is 0.310 e. The summed E-state index contributed by atoms with van der Waals surface area (Å²) in [6.07, 6.45) is 1.16. The zero-order valence-electron chi connectivity index (χ0n) is 8.62. The number of rotatable bonds is 3. The molecule has 2 heterocycles. The van der Waals surface area contributed by atoms with Gasteiger partial charge in [-0.3, -0.25) is 4.79 Å². The summed E-state index contributed by atoms with van der Waals surface area (Å²) in [7, 11) is 0. The molecule has 4 nitrogen and oxygen atoms in total.